The molecule has 1 nitrogen and oxygen atoms in total. The van der Waals surface area contributed by atoms with E-state index in [1.807, 2.05) is 0 Å². The van der Waals surface area contributed by atoms with Gasteiger partial charge in [-0.2, -0.15) is 0 Å². The molecule has 0 aliphatic rings. The van der Waals surface area contributed by atoms with Crippen LogP contribution in [0.25, 0.3) is 10.9 Å². The Kier molecular flexibility index (Phi) is 7.80. The zero-order chi connectivity index (χ0) is 19.3. The van der Waals surface area contributed by atoms with Crippen LogP contribution in [0.2, 0.25) is 0 Å². The number of nitrogens with zero attached hydrogens (tertiary/aromatic N) is 1. The third-order valence-electron chi connectivity index (χ3n) is 6.42. The number of rotatable bonds is 10. The van der Waals surface area contributed by atoms with Gasteiger partial charge in [-0.15, -0.1) is 0 Å². The highest BCUT2D eigenvalue weighted by atomic mass is 15.0. The molecule has 2 aromatic rings. The van der Waals surface area contributed by atoms with Crippen LogP contribution < -0.4 is 0 Å². The van der Waals surface area contributed by atoms with E-state index in [1.165, 1.54) is 42.1 Å². The number of fused-ring (bicyclic) bond motifs is 1. The van der Waals surface area contributed by atoms with Crippen LogP contribution in [0.5, 0.6) is 0 Å². The molecule has 1 heterocycles. The van der Waals surface area contributed by atoms with E-state index in [4.69, 9.17) is 0 Å². The highest BCUT2D eigenvalue weighted by Crippen LogP contribution is 2.29. The van der Waals surface area contributed by atoms with Gasteiger partial charge in [0.25, 0.3) is 0 Å². The average molecular weight is 356 g/mol. The molecule has 0 saturated heterocycles. The second-order valence-electron chi connectivity index (χ2n) is 9.37. The summed E-state index contributed by atoms with van der Waals surface area (Å²) < 4.78 is 2.52. The summed E-state index contributed by atoms with van der Waals surface area (Å²) in [4.78, 5) is 0. The number of hydrogen-bond acceptors (Lipinski definition) is 0. The Bertz CT molecular complexity index is 664. The molecule has 0 amide bonds. The molecule has 1 aromatic carbocycles. The Morgan fingerprint density at radius 1 is 0.885 bits per heavy atom. The molecule has 2 rings (SSSR count). The van der Waals surface area contributed by atoms with Crippen molar-refractivity contribution < 1.29 is 0 Å². The topological polar surface area (TPSA) is 4.93 Å². The predicted molar refractivity (Wildman–Crippen MR) is 117 cm³/mol. The quantitative estimate of drug-likeness (QED) is 0.414. The van der Waals surface area contributed by atoms with Crippen molar-refractivity contribution in [3.05, 3.63) is 36.0 Å². The van der Waals surface area contributed by atoms with E-state index in [0.717, 1.165) is 24.3 Å². The zero-order valence-electron chi connectivity index (χ0n) is 18.3. The minimum atomic E-state index is 0.701. The molecule has 3 atom stereocenters. The van der Waals surface area contributed by atoms with Crippen LogP contribution >= 0.6 is 0 Å². The molecule has 0 aliphatic heterocycles. The molecule has 146 valence electrons. The summed E-state index contributed by atoms with van der Waals surface area (Å²) in [5.74, 6) is 3.89. The van der Waals surface area contributed by atoms with E-state index in [1.54, 1.807) is 0 Å². The van der Waals surface area contributed by atoms with Crippen molar-refractivity contribution in [1.82, 2.24) is 4.57 Å². The zero-order valence-corrected chi connectivity index (χ0v) is 18.3. The minimum absolute atomic E-state index is 0.701. The lowest BCUT2D eigenvalue weighted by Crippen LogP contribution is -2.17. The fraction of sp³-hybridized carbons (Fsp3) is 0.680. The number of para-hydroxylation sites is 1. The summed E-state index contributed by atoms with van der Waals surface area (Å²) in [6, 6.07) is 8.95. The standard InChI is InChI=1S/C25H41N/c1-8-22(19(4)5)14-13-20(6)21(7)16-26-17-23(15-18(2)3)24-11-9-10-12-25(24)26/h9-12,17-22H,8,13-16H2,1-7H3. The van der Waals surface area contributed by atoms with Crippen LogP contribution in [0.15, 0.2) is 30.5 Å². The van der Waals surface area contributed by atoms with Gasteiger partial charge in [0, 0.05) is 23.6 Å². The second-order valence-corrected chi connectivity index (χ2v) is 9.37. The normalized spacial score (nSPS) is 15.7. The first-order valence-corrected chi connectivity index (χ1v) is 10.9. The van der Waals surface area contributed by atoms with E-state index in [2.05, 4.69) is 83.5 Å². The first-order valence-electron chi connectivity index (χ1n) is 10.9. The molecule has 0 saturated carbocycles. The minimum Gasteiger partial charge on any atom is -0.347 e. The number of hydrogen-bond donors (Lipinski definition) is 0. The van der Waals surface area contributed by atoms with Gasteiger partial charge in [0.15, 0.2) is 0 Å². The molecular formula is C25H41N. The number of benzene rings is 1. The van der Waals surface area contributed by atoms with Crippen LogP contribution in [0.3, 0.4) is 0 Å². The highest BCUT2D eigenvalue weighted by molar-refractivity contribution is 5.84. The Labute approximate surface area is 162 Å². The maximum atomic E-state index is 2.52. The van der Waals surface area contributed by atoms with Gasteiger partial charge in [0.2, 0.25) is 0 Å². The van der Waals surface area contributed by atoms with Crippen LogP contribution in [0.4, 0.5) is 0 Å². The van der Waals surface area contributed by atoms with E-state index >= 15 is 0 Å². The third-order valence-corrected chi connectivity index (χ3v) is 6.42. The Balaban J connectivity index is 2.07. The van der Waals surface area contributed by atoms with Crippen LogP contribution in [-0.2, 0) is 13.0 Å². The summed E-state index contributed by atoms with van der Waals surface area (Å²) in [7, 11) is 0. The molecule has 0 N–H and O–H groups in total. The summed E-state index contributed by atoms with van der Waals surface area (Å²) in [6.45, 7) is 17.8. The lowest BCUT2D eigenvalue weighted by molar-refractivity contribution is 0.267. The molecule has 0 radical (unpaired) electrons. The molecule has 0 bridgehead atoms. The summed E-state index contributed by atoms with van der Waals surface area (Å²) in [5.41, 5.74) is 2.93. The van der Waals surface area contributed by atoms with E-state index < -0.39 is 0 Å². The maximum absolute atomic E-state index is 2.52. The first-order chi connectivity index (χ1) is 12.3. The molecular weight excluding hydrogens is 314 g/mol. The molecule has 0 spiro atoms. The van der Waals surface area contributed by atoms with E-state index in [9.17, 15) is 0 Å². The highest BCUT2D eigenvalue weighted by Gasteiger charge is 2.18. The Hall–Kier alpha value is -1.24. The second kappa shape index (κ2) is 9.62. The SMILES string of the molecule is CCC(CCC(C)C(C)Cn1cc(CC(C)C)c2ccccc21)C(C)C. The van der Waals surface area contributed by atoms with Gasteiger partial charge in [0.05, 0.1) is 0 Å². The first kappa shape index (κ1) is 21.1. The lowest BCUT2D eigenvalue weighted by Gasteiger charge is -2.25. The van der Waals surface area contributed by atoms with Gasteiger partial charge in [0.1, 0.15) is 0 Å². The third kappa shape index (κ3) is 5.38. The molecule has 1 aromatic heterocycles. The van der Waals surface area contributed by atoms with Crippen LogP contribution in [0.1, 0.15) is 73.3 Å². The Morgan fingerprint density at radius 2 is 1.58 bits per heavy atom. The lowest BCUT2D eigenvalue weighted by atomic mass is 9.83. The molecule has 3 unspecified atom stereocenters. The van der Waals surface area contributed by atoms with Crippen molar-refractivity contribution in [2.45, 2.75) is 80.7 Å². The summed E-state index contributed by atoms with van der Waals surface area (Å²) in [5, 5.41) is 1.45. The molecule has 0 fully saturated rings. The van der Waals surface area contributed by atoms with Crippen molar-refractivity contribution in [2.24, 2.45) is 29.6 Å². The van der Waals surface area contributed by atoms with E-state index in [-0.39, 0.29) is 0 Å². The fourth-order valence-electron chi connectivity index (χ4n) is 4.34. The average Bonchev–Trinajstić information content (AvgIpc) is 2.92. The molecule has 26 heavy (non-hydrogen) atoms. The van der Waals surface area contributed by atoms with Gasteiger partial charge >= 0.3 is 0 Å². The summed E-state index contributed by atoms with van der Waals surface area (Å²) in [6.07, 6.45) is 7.65. The summed E-state index contributed by atoms with van der Waals surface area (Å²) >= 11 is 0. The maximum Gasteiger partial charge on any atom is 0.0483 e. The van der Waals surface area contributed by atoms with Crippen molar-refractivity contribution in [2.75, 3.05) is 0 Å². The fourth-order valence-corrected chi connectivity index (χ4v) is 4.34. The van der Waals surface area contributed by atoms with Gasteiger partial charge in [-0.1, -0.05) is 79.5 Å². The predicted octanol–water partition coefficient (Wildman–Crippen LogP) is 7.57. The van der Waals surface area contributed by atoms with Gasteiger partial charge in [-0.3, -0.25) is 0 Å². The van der Waals surface area contributed by atoms with Gasteiger partial charge < -0.3 is 4.57 Å². The monoisotopic (exact) mass is 355 g/mol. The molecule has 0 aliphatic carbocycles. The van der Waals surface area contributed by atoms with Gasteiger partial charge in [-0.05, 0) is 54.1 Å². The van der Waals surface area contributed by atoms with Crippen LogP contribution in [-0.4, -0.2) is 4.57 Å². The van der Waals surface area contributed by atoms with Crippen molar-refractivity contribution in [3.8, 4) is 0 Å². The van der Waals surface area contributed by atoms with Gasteiger partial charge in [-0.25, -0.2) is 0 Å². The van der Waals surface area contributed by atoms with Crippen molar-refractivity contribution >= 4 is 10.9 Å². The van der Waals surface area contributed by atoms with Crippen molar-refractivity contribution in [1.29, 1.82) is 0 Å². The number of aromatic nitrogens is 1. The largest absolute Gasteiger partial charge is 0.347 e. The van der Waals surface area contributed by atoms with Crippen molar-refractivity contribution in [3.63, 3.8) is 0 Å². The van der Waals surface area contributed by atoms with E-state index in [0.29, 0.717) is 11.8 Å². The molecule has 1 heteroatoms. The Morgan fingerprint density at radius 3 is 2.19 bits per heavy atom. The van der Waals surface area contributed by atoms with Crippen LogP contribution in [0, 0.1) is 29.6 Å². The smallest absolute Gasteiger partial charge is 0.0483 e.